The number of benzene rings is 1. The number of amides is 2. The maximum Gasteiger partial charge on any atom is 0.257 e. The normalized spacial score (nSPS) is 21.5. The van der Waals surface area contributed by atoms with Gasteiger partial charge in [-0.1, -0.05) is 18.0 Å². The van der Waals surface area contributed by atoms with E-state index < -0.39 is 0 Å². The van der Waals surface area contributed by atoms with Gasteiger partial charge in [-0.3, -0.25) is 9.59 Å². The molecule has 2 atom stereocenters. The largest absolute Gasteiger partial charge is 0.352 e. The average molecular weight is 427 g/mol. The van der Waals surface area contributed by atoms with Gasteiger partial charge in [0, 0.05) is 30.0 Å². The van der Waals surface area contributed by atoms with Crippen molar-refractivity contribution in [3.63, 3.8) is 0 Å². The number of fused-ring (bicyclic) bond motifs is 1. The molecule has 2 saturated heterocycles. The number of carbonyl (C=O) groups excluding carboxylic acids is 2. The highest BCUT2D eigenvalue weighted by Crippen LogP contribution is 2.30. The van der Waals surface area contributed by atoms with Crippen LogP contribution < -0.4 is 10.6 Å². The Morgan fingerprint density at radius 1 is 0.967 bits per heavy atom. The summed E-state index contributed by atoms with van der Waals surface area (Å²) in [6, 6.07) is 10.7. The Bertz CT molecular complexity index is 883. The molecule has 3 heterocycles. The molecule has 158 valence electrons. The first kappa shape index (κ1) is 20.8. The lowest BCUT2D eigenvalue weighted by Gasteiger charge is -2.44. The van der Waals surface area contributed by atoms with Gasteiger partial charge in [-0.05, 0) is 81.1 Å². The Balaban J connectivity index is 1.30. The summed E-state index contributed by atoms with van der Waals surface area (Å²) in [5.41, 5.74) is 1.64. The number of pyridine rings is 1. The van der Waals surface area contributed by atoms with Crippen LogP contribution in [-0.4, -0.2) is 47.4 Å². The summed E-state index contributed by atoms with van der Waals surface area (Å²) < 4.78 is 0. The second-order valence-corrected chi connectivity index (χ2v) is 8.50. The molecule has 6 nitrogen and oxygen atoms in total. The quantitative estimate of drug-likeness (QED) is 0.709. The minimum atomic E-state index is -0.272. The van der Waals surface area contributed by atoms with Crippen LogP contribution in [0.15, 0.2) is 42.6 Å². The first-order valence-corrected chi connectivity index (χ1v) is 11.0. The van der Waals surface area contributed by atoms with Crippen molar-refractivity contribution in [2.24, 2.45) is 5.92 Å². The van der Waals surface area contributed by atoms with Gasteiger partial charge in [0.25, 0.3) is 11.8 Å². The third kappa shape index (κ3) is 4.99. The van der Waals surface area contributed by atoms with Crippen molar-refractivity contribution in [1.82, 2.24) is 15.2 Å². The fraction of sp³-hybridized carbons (Fsp3) is 0.435. The fourth-order valence-corrected chi connectivity index (χ4v) is 4.67. The molecule has 1 aromatic heterocycles. The number of anilines is 1. The number of rotatable bonds is 5. The van der Waals surface area contributed by atoms with Crippen molar-refractivity contribution < 1.29 is 9.59 Å². The van der Waals surface area contributed by atoms with Gasteiger partial charge in [0.1, 0.15) is 5.15 Å². The molecule has 2 aliphatic heterocycles. The van der Waals surface area contributed by atoms with E-state index in [-0.39, 0.29) is 11.8 Å². The first-order chi connectivity index (χ1) is 14.6. The van der Waals surface area contributed by atoms with E-state index in [0.29, 0.717) is 33.9 Å². The molecule has 7 heteroatoms. The summed E-state index contributed by atoms with van der Waals surface area (Å²) in [6.45, 7) is 3.13. The summed E-state index contributed by atoms with van der Waals surface area (Å²) in [5.74, 6) is 0.197. The van der Waals surface area contributed by atoms with Crippen LogP contribution >= 0.6 is 11.6 Å². The van der Waals surface area contributed by atoms with Gasteiger partial charge < -0.3 is 15.5 Å². The third-order valence-corrected chi connectivity index (χ3v) is 6.37. The monoisotopic (exact) mass is 426 g/mol. The zero-order valence-electron chi connectivity index (χ0n) is 16.9. The molecule has 30 heavy (non-hydrogen) atoms. The molecule has 0 spiro atoms. The summed E-state index contributed by atoms with van der Waals surface area (Å²) in [7, 11) is 0. The van der Waals surface area contributed by atoms with Gasteiger partial charge in [0.05, 0.1) is 5.56 Å². The summed E-state index contributed by atoms with van der Waals surface area (Å²) in [4.78, 5) is 31.4. The summed E-state index contributed by atoms with van der Waals surface area (Å²) in [5, 5.41) is 6.26. The van der Waals surface area contributed by atoms with Crippen LogP contribution in [0.3, 0.4) is 0 Å². The van der Waals surface area contributed by atoms with Crippen molar-refractivity contribution >= 4 is 29.1 Å². The smallest absolute Gasteiger partial charge is 0.257 e. The minimum absolute atomic E-state index is 0.0669. The number of halogens is 1. The average Bonchev–Trinajstić information content (AvgIpc) is 2.78. The molecule has 0 bridgehead atoms. The maximum atomic E-state index is 12.6. The molecule has 1 aromatic carbocycles. The summed E-state index contributed by atoms with van der Waals surface area (Å²) >= 11 is 5.75. The Hall–Kier alpha value is -2.44. The number of nitrogens with one attached hydrogen (secondary N) is 2. The van der Waals surface area contributed by atoms with Gasteiger partial charge in [-0.2, -0.15) is 0 Å². The molecule has 2 unspecified atom stereocenters. The lowest BCUT2D eigenvalue weighted by molar-refractivity contribution is 0.0575. The molecule has 2 aromatic rings. The molecule has 2 amide bonds. The van der Waals surface area contributed by atoms with E-state index >= 15 is 0 Å². The molecule has 0 radical (unpaired) electrons. The molecule has 2 aliphatic rings. The number of nitrogens with zero attached hydrogens (tertiary/aromatic N) is 2. The lowest BCUT2D eigenvalue weighted by Crippen LogP contribution is -2.51. The van der Waals surface area contributed by atoms with Crippen LogP contribution in [0.4, 0.5) is 5.69 Å². The highest BCUT2D eigenvalue weighted by atomic mass is 35.5. The molecule has 4 rings (SSSR count). The number of piperidine rings is 2. The number of hydrogen-bond acceptors (Lipinski definition) is 4. The van der Waals surface area contributed by atoms with E-state index in [1.807, 2.05) is 0 Å². The predicted octanol–water partition coefficient (Wildman–Crippen LogP) is 3.98. The minimum Gasteiger partial charge on any atom is -0.352 e. The Labute approximate surface area is 182 Å². The molecular formula is C23H27ClN4O2. The highest BCUT2D eigenvalue weighted by Gasteiger charge is 2.32. The zero-order chi connectivity index (χ0) is 20.9. The molecule has 0 saturated carbocycles. The van der Waals surface area contributed by atoms with Crippen molar-refractivity contribution in [1.29, 1.82) is 0 Å². The predicted molar refractivity (Wildman–Crippen MR) is 118 cm³/mol. The van der Waals surface area contributed by atoms with Crippen LogP contribution in [0.1, 0.15) is 52.8 Å². The van der Waals surface area contributed by atoms with E-state index in [0.717, 1.165) is 6.54 Å². The second kappa shape index (κ2) is 9.58. The Morgan fingerprint density at radius 2 is 1.73 bits per heavy atom. The standard InChI is InChI=1S/C23H27ClN4O2/c24-21-11-8-18(15-25-21)23(30)27-19-9-6-16(7-10-19)22(29)26-14-17-4-3-13-28-12-2-1-5-20(17)28/h6-11,15,17,20H,1-5,12-14H2,(H,26,29)(H,27,30). The van der Waals surface area contributed by atoms with Gasteiger partial charge in [0.15, 0.2) is 0 Å². The van der Waals surface area contributed by atoms with E-state index in [1.54, 1.807) is 36.4 Å². The molecular weight excluding hydrogens is 400 g/mol. The lowest BCUT2D eigenvalue weighted by atomic mass is 9.83. The van der Waals surface area contributed by atoms with Gasteiger partial charge in [-0.25, -0.2) is 4.98 Å². The van der Waals surface area contributed by atoms with Crippen molar-refractivity contribution in [2.45, 2.75) is 38.1 Å². The number of aromatic nitrogens is 1. The first-order valence-electron chi connectivity index (χ1n) is 10.7. The third-order valence-electron chi connectivity index (χ3n) is 6.15. The number of carbonyl (C=O) groups is 2. The van der Waals surface area contributed by atoms with Crippen LogP contribution in [0, 0.1) is 5.92 Å². The van der Waals surface area contributed by atoms with Crippen LogP contribution in [0.2, 0.25) is 5.15 Å². The van der Waals surface area contributed by atoms with E-state index in [2.05, 4.69) is 20.5 Å². The van der Waals surface area contributed by atoms with E-state index in [4.69, 9.17) is 11.6 Å². The fourth-order valence-electron chi connectivity index (χ4n) is 4.56. The summed E-state index contributed by atoms with van der Waals surface area (Å²) in [6.07, 6.45) is 7.68. The highest BCUT2D eigenvalue weighted by molar-refractivity contribution is 6.29. The van der Waals surface area contributed by atoms with Crippen LogP contribution in [0.25, 0.3) is 0 Å². The van der Waals surface area contributed by atoms with Gasteiger partial charge >= 0.3 is 0 Å². The molecule has 0 aliphatic carbocycles. The van der Waals surface area contributed by atoms with Gasteiger partial charge in [0.2, 0.25) is 0 Å². The van der Waals surface area contributed by atoms with Crippen LogP contribution in [-0.2, 0) is 0 Å². The maximum absolute atomic E-state index is 12.6. The Morgan fingerprint density at radius 3 is 2.50 bits per heavy atom. The SMILES string of the molecule is O=C(NCC1CCCN2CCCCC12)c1ccc(NC(=O)c2ccc(Cl)nc2)cc1. The second-order valence-electron chi connectivity index (χ2n) is 8.11. The van der Waals surface area contributed by atoms with Gasteiger partial charge in [-0.15, -0.1) is 0 Å². The Kier molecular flexibility index (Phi) is 6.65. The number of hydrogen-bond donors (Lipinski definition) is 2. The van der Waals surface area contributed by atoms with Crippen LogP contribution in [0.5, 0.6) is 0 Å². The molecule has 2 fully saturated rings. The van der Waals surface area contributed by atoms with Crippen molar-refractivity contribution in [2.75, 3.05) is 25.0 Å². The zero-order valence-corrected chi connectivity index (χ0v) is 17.7. The van der Waals surface area contributed by atoms with E-state index in [9.17, 15) is 9.59 Å². The van der Waals surface area contributed by atoms with Crippen molar-refractivity contribution in [3.8, 4) is 0 Å². The molecule has 2 N–H and O–H groups in total. The van der Waals surface area contributed by atoms with E-state index in [1.165, 1.54) is 51.4 Å². The topological polar surface area (TPSA) is 74.3 Å². The van der Waals surface area contributed by atoms with Crippen molar-refractivity contribution in [3.05, 3.63) is 58.9 Å².